The molecule has 96 valence electrons. The summed E-state index contributed by atoms with van der Waals surface area (Å²) in [4.78, 5) is 11.3. The highest BCUT2D eigenvalue weighted by Gasteiger charge is 2.33. The summed E-state index contributed by atoms with van der Waals surface area (Å²) >= 11 is 5.85. The number of esters is 1. The molecule has 0 aromatic heterocycles. The molecule has 5 nitrogen and oxygen atoms in total. The van der Waals surface area contributed by atoms with Crippen molar-refractivity contribution in [2.75, 3.05) is 19.5 Å². The van der Waals surface area contributed by atoms with Crippen molar-refractivity contribution in [3.63, 3.8) is 0 Å². The average Bonchev–Trinajstić information content (AvgIpc) is 2.67. The summed E-state index contributed by atoms with van der Waals surface area (Å²) in [6.07, 6.45) is -0.799. The van der Waals surface area contributed by atoms with Gasteiger partial charge in [-0.3, -0.25) is 0 Å². The minimum Gasteiger partial charge on any atom is -0.497 e. The van der Waals surface area contributed by atoms with E-state index in [0.717, 1.165) is 11.4 Å². The Morgan fingerprint density at radius 3 is 2.50 bits per heavy atom. The lowest BCUT2D eigenvalue weighted by Gasteiger charge is -2.14. The number of benzene rings is 1. The number of anilines is 1. The van der Waals surface area contributed by atoms with E-state index in [0.29, 0.717) is 5.70 Å². The van der Waals surface area contributed by atoms with E-state index in [-0.39, 0.29) is 5.03 Å². The van der Waals surface area contributed by atoms with Gasteiger partial charge in [-0.15, -0.1) is 0 Å². The van der Waals surface area contributed by atoms with Crippen LogP contribution in [0.5, 0.6) is 5.75 Å². The first-order valence-electron chi connectivity index (χ1n) is 5.20. The average molecular weight is 270 g/mol. The third kappa shape index (κ3) is 2.42. The molecule has 1 aliphatic rings. The summed E-state index contributed by atoms with van der Waals surface area (Å²) < 4.78 is 15.0. The topological polar surface area (TPSA) is 56.8 Å². The maximum atomic E-state index is 11.3. The first-order chi connectivity index (χ1) is 8.65. The lowest BCUT2D eigenvalue weighted by Crippen LogP contribution is -2.18. The second-order valence-electron chi connectivity index (χ2n) is 3.55. The Morgan fingerprint density at radius 2 is 1.94 bits per heavy atom. The molecule has 0 spiro atoms. The van der Waals surface area contributed by atoms with Crippen molar-refractivity contribution < 1.29 is 19.0 Å². The molecule has 1 aliphatic heterocycles. The van der Waals surface area contributed by atoms with E-state index < -0.39 is 12.3 Å². The Morgan fingerprint density at radius 1 is 1.28 bits per heavy atom. The first-order valence-corrected chi connectivity index (χ1v) is 5.58. The van der Waals surface area contributed by atoms with Crippen LogP contribution in [0.4, 0.5) is 5.69 Å². The third-order valence-corrected chi connectivity index (χ3v) is 2.81. The van der Waals surface area contributed by atoms with Crippen LogP contribution in [0, 0.1) is 0 Å². The minimum absolute atomic E-state index is 0.00216. The molecular formula is C12H12ClNO4. The molecule has 2 rings (SSSR count). The molecule has 0 bridgehead atoms. The van der Waals surface area contributed by atoms with Crippen LogP contribution < -0.4 is 10.1 Å². The maximum Gasteiger partial charge on any atom is 0.354 e. The van der Waals surface area contributed by atoms with E-state index in [2.05, 4.69) is 5.32 Å². The number of methoxy groups -OCH3 is 2. The number of rotatable bonds is 4. The van der Waals surface area contributed by atoms with Crippen LogP contribution in [0.2, 0.25) is 0 Å². The van der Waals surface area contributed by atoms with Crippen molar-refractivity contribution in [1.82, 2.24) is 0 Å². The van der Waals surface area contributed by atoms with Crippen LogP contribution in [0.15, 0.2) is 35.0 Å². The standard InChI is InChI=1S/C12H12ClNO4/c1-16-8-5-3-7(4-6-8)14-10-9(13)11(15)18-12(10)17-2/h3-6,12,14H,1-2H3/t12-/m1/s1. The van der Waals surface area contributed by atoms with E-state index >= 15 is 0 Å². The van der Waals surface area contributed by atoms with Gasteiger partial charge >= 0.3 is 5.97 Å². The van der Waals surface area contributed by atoms with Crippen LogP contribution in [0.1, 0.15) is 0 Å². The zero-order chi connectivity index (χ0) is 13.1. The summed E-state index contributed by atoms with van der Waals surface area (Å²) in [7, 11) is 3.02. The number of nitrogens with one attached hydrogen (secondary N) is 1. The minimum atomic E-state index is -0.799. The second kappa shape index (κ2) is 5.29. The number of carbonyl (C=O) groups excluding carboxylic acids is 1. The molecule has 1 heterocycles. The predicted octanol–water partition coefficient (Wildman–Crippen LogP) is 2.09. The number of ether oxygens (including phenoxy) is 3. The Bertz CT molecular complexity index is 483. The van der Waals surface area contributed by atoms with Crippen LogP contribution >= 0.6 is 11.6 Å². The molecule has 1 aromatic rings. The fraction of sp³-hybridized carbons (Fsp3) is 0.250. The quantitative estimate of drug-likeness (QED) is 0.848. The van der Waals surface area contributed by atoms with Crippen molar-refractivity contribution in [3.8, 4) is 5.75 Å². The predicted molar refractivity (Wildman–Crippen MR) is 66.4 cm³/mol. The highest BCUT2D eigenvalue weighted by molar-refractivity contribution is 6.42. The van der Waals surface area contributed by atoms with E-state index in [9.17, 15) is 4.79 Å². The van der Waals surface area contributed by atoms with Gasteiger partial charge in [0.1, 0.15) is 11.4 Å². The molecule has 0 saturated carbocycles. The summed E-state index contributed by atoms with van der Waals surface area (Å²) in [5.74, 6) is 0.141. The smallest absolute Gasteiger partial charge is 0.354 e. The molecular weight excluding hydrogens is 258 g/mol. The van der Waals surface area contributed by atoms with E-state index in [1.54, 1.807) is 31.4 Å². The van der Waals surface area contributed by atoms with Crippen LogP contribution in [-0.4, -0.2) is 26.5 Å². The zero-order valence-corrected chi connectivity index (χ0v) is 10.7. The number of hydrogen-bond acceptors (Lipinski definition) is 5. The molecule has 0 unspecified atom stereocenters. The summed E-state index contributed by atoms with van der Waals surface area (Å²) in [6.45, 7) is 0. The van der Waals surface area contributed by atoms with Gasteiger partial charge in [-0.25, -0.2) is 4.79 Å². The monoisotopic (exact) mass is 269 g/mol. The molecule has 18 heavy (non-hydrogen) atoms. The lowest BCUT2D eigenvalue weighted by molar-refractivity contribution is -0.155. The van der Waals surface area contributed by atoms with Crippen LogP contribution in [0.25, 0.3) is 0 Å². The van der Waals surface area contributed by atoms with Crippen molar-refractivity contribution in [1.29, 1.82) is 0 Å². The van der Waals surface area contributed by atoms with Crippen molar-refractivity contribution in [2.45, 2.75) is 6.29 Å². The molecule has 0 amide bonds. The van der Waals surface area contributed by atoms with Gasteiger partial charge in [0.25, 0.3) is 0 Å². The molecule has 0 fully saturated rings. The Labute approximate surface area is 109 Å². The SMILES string of the molecule is COc1ccc(NC2=C(Cl)C(=O)O[C@H]2OC)cc1. The number of hydrogen-bond donors (Lipinski definition) is 1. The van der Waals surface area contributed by atoms with Crippen LogP contribution in [0.3, 0.4) is 0 Å². The molecule has 0 saturated heterocycles. The highest BCUT2D eigenvalue weighted by atomic mass is 35.5. The normalized spacial score (nSPS) is 18.8. The van der Waals surface area contributed by atoms with Gasteiger partial charge in [-0.05, 0) is 24.3 Å². The largest absolute Gasteiger partial charge is 0.497 e. The molecule has 0 radical (unpaired) electrons. The molecule has 0 aliphatic carbocycles. The number of cyclic esters (lactones) is 1. The van der Waals surface area contributed by atoms with E-state index in [1.165, 1.54) is 7.11 Å². The molecule has 6 heteroatoms. The highest BCUT2D eigenvalue weighted by Crippen LogP contribution is 2.28. The molecule has 1 aromatic carbocycles. The summed E-state index contributed by atoms with van der Waals surface area (Å²) in [5.41, 5.74) is 1.15. The van der Waals surface area contributed by atoms with Gasteiger partial charge < -0.3 is 19.5 Å². The van der Waals surface area contributed by atoms with Crippen molar-refractivity contribution in [3.05, 3.63) is 35.0 Å². The van der Waals surface area contributed by atoms with Gasteiger partial charge in [0.2, 0.25) is 6.29 Å². The Balaban J connectivity index is 2.19. The van der Waals surface area contributed by atoms with Crippen molar-refractivity contribution in [2.24, 2.45) is 0 Å². The van der Waals surface area contributed by atoms with Gasteiger partial charge in [-0.2, -0.15) is 0 Å². The van der Waals surface area contributed by atoms with Gasteiger partial charge in [0, 0.05) is 12.8 Å². The van der Waals surface area contributed by atoms with E-state index in [4.69, 9.17) is 25.8 Å². The maximum absolute atomic E-state index is 11.3. The number of halogens is 1. The third-order valence-electron chi connectivity index (χ3n) is 2.45. The molecule has 1 N–H and O–H groups in total. The van der Waals surface area contributed by atoms with Gasteiger partial charge in [-0.1, -0.05) is 11.6 Å². The first kappa shape index (κ1) is 12.7. The van der Waals surface area contributed by atoms with Gasteiger partial charge in [0.15, 0.2) is 5.03 Å². The zero-order valence-electron chi connectivity index (χ0n) is 9.90. The number of carbonyl (C=O) groups is 1. The van der Waals surface area contributed by atoms with Crippen molar-refractivity contribution >= 4 is 23.3 Å². The molecule has 1 atom stereocenters. The fourth-order valence-electron chi connectivity index (χ4n) is 1.53. The Kier molecular flexibility index (Phi) is 3.74. The van der Waals surface area contributed by atoms with E-state index in [1.807, 2.05) is 0 Å². The van der Waals surface area contributed by atoms with Crippen LogP contribution in [-0.2, 0) is 14.3 Å². The summed E-state index contributed by atoms with van der Waals surface area (Å²) in [6, 6.07) is 7.17. The Hall–Kier alpha value is -1.72. The second-order valence-corrected chi connectivity index (χ2v) is 3.93. The lowest BCUT2D eigenvalue weighted by atomic mass is 10.3. The summed E-state index contributed by atoms with van der Waals surface area (Å²) in [5, 5.41) is 2.99. The van der Waals surface area contributed by atoms with Gasteiger partial charge in [0.05, 0.1) is 7.11 Å². The fourth-order valence-corrected chi connectivity index (χ4v) is 1.71.